The molecule has 0 aliphatic carbocycles. The Morgan fingerprint density at radius 2 is 1.94 bits per heavy atom. The predicted octanol–water partition coefficient (Wildman–Crippen LogP) is 0.720. The van der Waals surface area contributed by atoms with Crippen LogP contribution in [0.15, 0.2) is 17.0 Å². The summed E-state index contributed by atoms with van der Waals surface area (Å²) in [5, 5.41) is 9.18. The molecule has 1 aromatic carbocycles. The third-order valence-electron chi connectivity index (χ3n) is 2.69. The number of sulfonamides is 1. The summed E-state index contributed by atoms with van der Waals surface area (Å²) < 4.78 is 31.4. The van der Waals surface area contributed by atoms with Gasteiger partial charge in [-0.25, -0.2) is 13.1 Å². The van der Waals surface area contributed by atoms with Gasteiger partial charge in [0.2, 0.25) is 10.0 Å². The summed E-state index contributed by atoms with van der Waals surface area (Å²) in [6.07, 6.45) is 0. The van der Waals surface area contributed by atoms with E-state index in [0.29, 0.717) is 17.7 Å². The standard InChI is InChI=1S/C12H19NO4S/c1-9-6-10(2)12(7-11(9)8-14)18(15,16)13-4-5-17-3/h6-7,13-14H,4-5,8H2,1-3H3. The molecule has 0 aliphatic heterocycles. The minimum Gasteiger partial charge on any atom is -0.392 e. The van der Waals surface area contributed by atoms with Crippen LogP contribution in [0.3, 0.4) is 0 Å². The quantitative estimate of drug-likeness (QED) is 0.749. The fourth-order valence-corrected chi connectivity index (χ4v) is 2.98. The van der Waals surface area contributed by atoms with Crippen LogP contribution in [0.4, 0.5) is 0 Å². The van der Waals surface area contributed by atoms with Gasteiger partial charge in [0.15, 0.2) is 0 Å². The molecular weight excluding hydrogens is 254 g/mol. The molecule has 6 heteroatoms. The molecule has 0 unspecified atom stereocenters. The van der Waals surface area contributed by atoms with Crippen molar-refractivity contribution in [1.29, 1.82) is 0 Å². The third kappa shape index (κ3) is 3.52. The lowest BCUT2D eigenvalue weighted by atomic mass is 10.1. The highest BCUT2D eigenvalue weighted by molar-refractivity contribution is 7.89. The van der Waals surface area contributed by atoms with Crippen molar-refractivity contribution in [3.05, 3.63) is 28.8 Å². The summed E-state index contributed by atoms with van der Waals surface area (Å²) >= 11 is 0. The topological polar surface area (TPSA) is 75.6 Å². The van der Waals surface area contributed by atoms with Crippen LogP contribution in [0.2, 0.25) is 0 Å². The Morgan fingerprint density at radius 1 is 1.28 bits per heavy atom. The van der Waals surface area contributed by atoms with Gasteiger partial charge < -0.3 is 9.84 Å². The molecule has 0 radical (unpaired) electrons. The van der Waals surface area contributed by atoms with Crippen LogP contribution >= 0.6 is 0 Å². The van der Waals surface area contributed by atoms with Crippen molar-refractivity contribution in [2.24, 2.45) is 0 Å². The highest BCUT2D eigenvalue weighted by atomic mass is 32.2. The summed E-state index contributed by atoms with van der Waals surface area (Å²) in [6.45, 7) is 3.94. The lowest BCUT2D eigenvalue weighted by molar-refractivity contribution is 0.204. The molecule has 0 saturated carbocycles. The van der Waals surface area contributed by atoms with Crippen molar-refractivity contribution < 1.29 is 18.3 Å². The van der Waals surface area contributed by atoms with Gasteiger partial charge in [0.25, 0.3) is 0 Å². The van der Waals surface area contributed by atoms with Crippen LogP contribution in [0.25, 0.3) is 0 Å². The molecule has 0 aromatic heterocycles. The molecule has 1 aromatic rings. The van der Waals surface area contributed by atoms with E-state index in [1.807, 2.05) is 6.92 Å². The van der Waals surface area contributed by atoms with E-state index in [-0.39, 0.29) is 18.0 Å². The molecule has 0 bridgehead atoms. The molecule has 0 fully saturated rings. The Labute approximate surface area is 108 Å². The van der Waals surface area contributed by atoms with Crippen LogP contribution < -0.4 is 4.72 Å². The number of hydrogen-bond donors (Lipinski definition) is 2. The summed E-state index contributed by atoms with van der Waals surface area (Å²) in [5.74, 6) is 0. The number of aryl methyl sites for hydroxylation is 2. The maximum atomic E-state index is 12.1. The average molecular weight is 273 g/mol. The minimum atomic E-state index is -3.55. The lowest BCUT2D eigenvalue weighted by Gasteiger charge is -2.12. The Balaban J connectivity index is 3.08. The maximum Gasteiger partial charge on any atom is 0.240 e. The molecule has 0 aliphatic rings. The van der Waals surface area contributed by atoms with Gasteiger partial charge in [-0.2, -0.15) is 0 Å². The van der Waals surface area contributed by atoms with Gasteiger partial charge in [0, 0.05) is 13.7 Å². The van der Waals surface area contributed by atoms with Gasteiger partial charge in [-0.15, -0.1) is 0 Å². The predicted molar refractivity (Wildman–Crippen MR) is 68.9 cm³/mol. The first kappa shape index (κ1) is 15.1. The number of ether oxygens (including phenoxy) is 1. The highest BCUT2D eigenvalue weighted by Gasteiger charge is 2.17. The largest absolute Gasteiger partial charge is 0.392 e. The second-order valence-corrected chi connectivity index (χ2v) is 5.83. The summed E-state index contributed by atoms with van der Waals surface area (Å²) in [6, 6.07) is 3.27. The molecule has 5 nitrogen and oxygen atoms in total. The summed E-state index contributed by atoms with van der Waals surface area (Å²) in [5.41, 5.74) is 2.16. The fourth-order valence-electron chi connectivity index (χ4n) is 1.69. The van der Waals surface area contributed by atoms with Gasteiger partial charge in [0.05, 0.1) is 18.1 Å². The van der Waals surface area contributed by atoms with E-state index >= 15 is 0 Å². The molecule has 1 rings (SSSR count). The second kappa shape index (κ2) is 6.29. The molecule has 0 atom stereocenters. The molecular formula is C12H19NO4S. The first-order valence-corrected chi connectivity index (χ1v) is 7.10. The molecule has 0 amide bonds. The van der Waals surface area contributed by atoms with Crippen LogP contribution in [-0.2, 0) is 21.4 Å². The zero-order valence-electron chi connectivity index (χ0n) is 10.9. The number of aliphatic hydroxyl groups is 1. The van der Waals surface area contributed by atoms with Crippen LogP contribution in [0.1, 0.15) is 16.7 Å². The molecule has 18 heavy (non-hydrogen) atoms. The van der Waals surface area contributed by atoms with Crippen molar-refractivity contribution in [1.82, 2.24) is 4.72 Å². The Morgan fingerprint density at radius 3 is 2.50 bits per heavy atom. The van der Waals surface area contributed by atoms with Crippen LogP contribution in [-0.4, -0.2) is 33.8 Å². The van der Waals surface area contributed by atoms with Crippen molar-refractivity contribution in [3.63, 3.8) is 0 Å². The Kier molecular flexibility index (Phi) is 5.28. The minimum absolute atomic E-state index is 0.174. The first-order valence-electron chi connectivity index (χ1n) is 5.62. The monoisotopic (exact) mass is 273 g/mol. The van der Waals surface area contributed by atoms with Gasteiger partial charge >= 0.3 is 0 Å². The number of aliphatic hydroxyl groups excluding tert-OH is 1. The zero-order chi connectivity index (χ0) is 13.8. The number of rotatable bonds is 6. The van der Waals surface area contributed by atoms with Crippen molar-refractivity contribution in [2.75, 3.05) is 20.3 Å². The van der Waals surface area contributed by atoms with Crippen molar-refractivity contribution >= 4 is 10.0 Å². The van der Waals surface area contributed by atoms with E-state index in [1.54, 1.807) is 13.0 Å². The van der Waals surface area contributed by atoms with Gasteiger partial charge in [-0.1, -0.05) is 6.07 Å². The number of hydrogen-bond acceptors (Lipinski definition) is 4. The first-order chi connectivity index (χ1) is 8.42. The van der Waals surface area contributed by atoms with Crippen molar-refractivity contribution in [2.45, 2.75) is 25.3 Å². The van der Waals surface area contributed by atoms with Crippen molar-refractivity contribution in [3.8, 4) is 0 Å². The summed E-state index contributed by atoms with van der Waals surface area (Å²) in [4.78, 5) is 0.202. The van der Waals surface area contributed by atoms with E-state index in [4.69, 9.17) is 4.74 Å². The SMILES string of the molecule is COCCNS(=O)(=O)c1cc(CO)c(C)cc1C. The zero-order valence-corrected chi connectivity index (χ0v) is 11.7. The smallest absolute Gasteiger partial charge is 0.240 e. The number of methoxy groups -OCH3 is 1. The molecule has 0 spiro atoms. The molecule has 0 saturated heterocycles. The Hall–Kier alpha value is -0.950. The third-order valence-corrected chi connectivity index (χ3v) is 4.29. The van der Waals surface area contributed by atoms with Crippen LogP contribution in [0.5, 0.6) is 0 Å². The van der Waals surface area contributed by atoms with Crippen LogP contribution in [0, 0.1) is 13.8 Å². The van der Waals surface area contributed by atoms with E-state index < -0.39 is 10.0 Å². The summed E-state index contributed by atoms with van der Waals surface area (Å²) in [7, 11) is -2.04. The van der Waals surface area contributed by atoms with E-state index in [2.05, 4.69) is 4.72 Å². The molecule has 0 heterocycles. The lowest BCUT2D eigenvalue weighted by Crippen LogP contribution is -2.28. The van der Waals surface area contributed by atoms with E-state index in [9.17, 15) is 13.5 Å². The number of nitrogens with one attached hydrogen (secondary N) is 1. The molecule has 2 N–H and O–H groups in total. The maximum absolute atomic E-state index is 12.1. The highest BCUT2D eigenvalue weighted by Crippen LogP contribution is 2.20. The van der Waals surface area contributed by atoms with E-state index in [1.165, 1.54) is 13.2 Å². The average Bonchev–Trinajstić information content (AvgIpc) is 2.29. The van der Waals surface area contributed by atoms with Gasteiger partial charge in [-0.05, 0) is 36.6 Å². The fraction of sp³-hybridized carbons (Fsp3) is 0.500. The van der Waals surface area contributed by atoms with Gasteiger partial charge in [-0.3, -0.25) is 0 Å². The number of benzene rings is 1. The Bertz CT molecular complexity index is 511. The normalized spacial score (nSPS) is 11.8. The molecule has 102 valence electrons. The van der Waals surface area contributed by atoms with Gasteiger partial charge in [0.1, 0.15) is 0 Å². The van der Waals surface area contributed by atoms with E-state index in [0.717, 1.165) is 5.56 Å². The second-order valence-electron chi connectivity index (χ2n) is 4.09.